The van der Waals surface area contributed by atoms with Gasteiger partial charge in [-0.15, -0.1) is 0 Å². The summed E-state index contributed by atoms with van der Waals surface area (Å²) in [5, 5.41) is 14.1. The van der Waals surface area contributed by atoms with Crippen LogP contribution in [0.15, 0.2) is 42.6 Å². The Morgan fingerprint density at radius 1 is 1.03 bits per heavy atom. The summed E-state index contributed by atoms with van der Waals surface area (Å²) >= 11 is 6.32. The third-order valence-electron chi connectivity index (χ3n) is 6.90. The number of piperazine rings is 1. The molecular weight excluding hydrogens is 523 g/mol. The Morgan fingerprint density at radius 2 is 1.77 bits per heavy atom. The van der Waals surface area contributed by atoms with Crippen molar-refractivity contribution < 1.29 is 14.2 Å². The number of hydrazine groups is 1. The highest BCUT2D eigenvalue weighted by molar-refractivity contribution is 6.32. The maximum Gasteiger partial charge on any atom is 0.239 e. The van der Waals surface area contributed by atoms with Crippen molar-refractivity contribution in [2.24, 2.45) is 0 Å². The third kappa shape index (κ3) is 7.25. The SMILES string of the molecule is CN1CCN(Cc2ccc(Nc3cc(Cl)c(O)c(CNNc4ncc(F)c(N5CCOCC5)n4)c3)cc2)CC1. The fourth-order valence-corrected chi connectivity index (χ4v) is 4.86. The van der Waals surface area contributed by atoms with E-state index >= 15 is 0 Å². The largest absolute Gasteiger partial charge is 0.506 e. The lowest BCUT2D eigenvalue weighted by atomic mass is 10.1. The van der Waals surface area contributed by atoms with Gasteiger partial charge in [-0.05, 0) is 36.9 Å². The second kappa shape index (κ2) is 12.8. The average Bonchev–Trinajstić information content (AvgIpc) is 2.95. The molecule has 0 amide bonds. The predicted molar refractivity (Wildman–Crippen MR) is 151 cm³/mol. The van der Waals surface area contributed by atoms with E-state index in [4.69, 9.17) is 16.3 Å². The fourth-order valence-electron chi connectivity index (χ4n) is 4.62. The van der Waals surface area contributed by atoms with Gasteiger partial charge in [0.05, 0.1) is 24.4 Å². The highest BCUT2D eigenvalue weighted by Crippen LogP contribution is 2.32. The van der Waals surface area contributed by atoms with Crippen LogP contribution in [-0.4, -0.2) is 84.4 Å². The Hall–Kier alpha value is -3.22. The van der Waals surface area contributed by atoms with E-state index in [2.05, 4.69) is 55.1 Å². The van der Waals surface area contributed by atoms with E-state index in [1.54, 1.807) is 6.07 Å². The summed E-state index contributed by atoms with van der Waals surface area (Å²) in [7, 11) is 2.16. The molecule has 3 heterocycles. The van der Waals surface area contributed by atoms with Crippen molar-refractivity contribution in [1.29, 1.82) is 0 Å². The molecule has 0 unspecified atom stereocenters. The number of morpholine rings is 1. The van der Waals surface area contributed by atoms with Gasteiger partial charge >= 0.3 is 0 Å². The van der Waals surface area contributed by atoms with E-state index < -0.39 is 5.82 Å². The van der Waals surface area contributed by atoms with Crippen LogP contribution in [0.3, 0.4) is 0 Å². The molecule has 12 heteroatoms. The van der Waals surface area contributed by atoms with Gasteiger partial charge in [0.25, 0.3) is 0 Å². The zero-order chi connectivity index (χ0) is 27.2. The number of aromatic nitrogens is 2. The summed E-state index contributed by atoms with van der Waals surface area (Å²) in [5.74, 6) is -0.0650. The van der Waals surface area contributed by atoms with E-state index in [0.29, 0.717) is 31.9 Å². The van der Waals surface area contributed by atoms with Crippen LogP contribution in [0.25, 0.3) is 0 Å². The lowest BCUT2D eigenvalue weighted by molar-refractivity contribution is 0.122. The van der Waals surface area contributed by atoms with Crippen molar-refractivity contribution in [3.63, 3.8) is 0 Å². The monoisotopic (exact) mass is 556 g/mol. The zero-order valence-corrected chi connectivity index (χ0v) is 22.7. The number of nitrogens with one attached hydrogen (secondary N) is 3. The van der Waals surface area contributed by atoms with E-state index in [0.717, 1.165) is 50.3 Å². The van der Waals surface area contributed by atoms with Gasteiger partial charge in [0, 0.05) is 69.3 Å². The molecule has 2 fully saturated rings. The summed E-state index contributed by atoms with van der Waals surface area (Å²) in [6, 6.07) is 11.8. The minimum absolute atomic E-state index is 0.0203. The molecule has 2 aliphatic rings. The van der Waals surface area contributed by atoms with Gasteiger partial charge in [-0.2, -0.15) is 4.98 Å². The molecule has 2 aliphatic heterocycles. The molecule has 3 aromatic rings. The van der Waals surface area contributed by atoms with Crippen LogP contribution < -0.4 is 21.1 Å². The molecule has 0 spiro atoms. The summed E-state index contributed by atoms with van der Waals surface area (Å²) in [6.45, 7) is 7.68. The fraction of sp³-hybridized carbons (Fsp3) is 0.407. The number of hydrogen-bond acceptors (Lipinski definition) is 10. The van der Waals surface area contributed by atoms with Gasteiger partial charge in [0.15, 0.2) is 11.6 Å². The van der Waals surface area contributed by atoms with Crippen molar-refractivity contribution in [2.75, 3.05) is 75.2 Å². The Bertz CT molecular complexity index is 1250. The van der Waals surface area contributed by atoms with E-state index in [1.165, 1.54) is 5.56 Å². The molecule has 208 valence electrons. The third-order valence-corrected chi connectivity index (χ3v) is 7.19. The molecule has 10 nitrogen and oxygen atoms in total. The maximum absolute atomic E-state index is 14.3. The Morgan fingerprint density at radius 3 is 2.51 bits per heavy atom. The van der Waals surface area contributed by atoms with Gasteiger partial charge in [-0.1, -0.05) is 23.7 Å². The minimum Gasteiger partial charge on any atom is -0.506 e. The number of aromatic hydroxyl groups is 1. The van der Waals surface area contributed by atoms with Gasteiger partial charge in [0.1, 0.15) is 5.75 Å². The molecule has 0 saturated carbocycles. The number of halogens is 2. The first-order valence-electron chi connectivity index (χ1n) is 13.1. The molecule has 0 atom stereocenters. The van der Waals surface area contributed by atoms with Crippen LogP contribution in [0.4, 0.5) is 27.5 Å². The maximum atomic E-state index is 14.3. The number of ether oxygens (including phenoxy) is 1. The minimum atomic E-state index is -0.488. The molecular formula is C27H34ClFN8O2. The first-order valence-corrected chi connectivity index (χ1v) is 13.4. The molecule has 39 heavy (non-hydrogen) atoms. The van der Waals surface area contributed by atoms with Crippen LogP contribution in [0, 0.1) is 5.82 Å². The van der Waals surface area contributed by atoms with Crippen molar-refractivity contribution in [3.05, 3.63) is 64.6 Å². The van der Waals surface area contributed by atoms with E-state index in [-0.39, 0.29) is 29.1 Å². The Kier molecular flexibility index (Phi) is 8.95. The second-order valence-corrected chi connectivity index (χ2v) is 10.2. The molecule has 0 bridgehead atoms. The highest BCUT2D eigenvalue weighted by Gasteiger charge is 2.18. The Labute approximate surface area is 232 Å². The van der Waals surface area contributed by atoms with Crippen LogP contribution in [0.1, 0.15) is 11.1 Å². The topological polar surface area (TPSA) is 101 Å². The number of rotatable bonds is 9. The number of benzene rings is 2. The lowest BCUT2D eigenvalue weighted by Gasteiger charge is -2.32. The normalized spacial score (nSPS) is 16.8. The van der Waals surface area contributed by atoms with Crippen LogP contribution in [-0.2, 0) is 17.8 Å². The van der Waals surface area contributed by atoms with E-state index in [9.17, 15) is 9.50 Å². The summed E-state index contributed by atoms with van der Waals surface area (Å²) < 4.78 is 19.6. The number of nitrogens with zero attached hydrogens (tertiary/aromatic N) is 5. The van der Waals surface area contributed by atoms with Crippen LogP contribution in [0.2, 0.25) is 5.02 Å². The molecule has 1 aromatic heterocycles. The van der Waals surface area contributed by atoms with Crippen LogP contribution in [0.5, 0.6) is 5.75 Å². The quantitative estimate of drug-likeness (QED) is 0.232. The van der Waals surface area contributed by atoms with Crippen molar-refractivity contribution >= 4 is 34.7 Å². The van der Waals surface area contributed by atoms with Crippen molar-refractivity contribution in [2.45, 2.75) is 13.1 Å². The number of likely N-dealkylation sites (N-methyl/N-ethyl adjacent to an activating group) is 1. The summed E-state index contributed by atoms with van der Waals surface area (Å²) in [6.07, 6.45) is 1.14. The van der Waals surface area contributed by atoms with E-state index in [1.807, 2.05) is 23.1 Å². The van der Waals surface area contributed by atoms with Crippen molar-refractivity contribution in [3.8, 4) is 5.75 Å². The standard InChI is InChI=1S/C27H34ClFN8O2/c1-35-6-8-36(9-7-35)18-19-2-4-21(5-3-19)32-22-14-20(25(38)23(28)15-22)16-31-34-27-30-17-24(29)26(33-27)37-10-12-39-13-11-37/h2-5,14-15,17,31-32,38H,6-13,16,18H2,1H3,(H,30,33,34). The summed E-state index contributed by atoms with van der Waals surface area (Å²) in [4.78, 5) is 14.9. The zero-order valence-electron chi connectivity index (χ0n) is 22.0. The number of anilines is 4. The smallest absolute Gasteiger partial charge is 0.239 e. The van der Waals surface area contributed by atoms with Gasteiger partial charge in [0.2, 0.25) is 5.95 Å². The molecule has 2 aromatic carbocycles. The second-order valence-electron chi connectivity index (χ2n) is 9.81. The number of phenols is 1. The number of phenolic OH excluding ortho intramolecular Hbond substituents is 1. The van der Waals surface area contributed by atoms with Crippen LogP contribution >= 0.6 is 11.6 Å². The number of hydrogen-bond donors (Lipinski definition) is 4. The van der Waals surface area contributed by atoms with Gasteiger partial charge in [-0.3, -0.25) is 10.3 Å². The first kappa shape index (κ1) is 27.4. The predicted octanol–water partition coefficient (Wildman–Crippen LogP) is 3.42. The first-order chi connectivity index (χ1) is 18.9. The molecule has 2 saturated heterocycles. The molecule has 0 aliphatic carbocycles. The highest BCUT2D eigenvalue weighted by atomic mass is 35.5. The molecule has 0 radical (unpaired) electrons. The van der Waals surface area contributed by atoms with Gasteiger partial charge < -0.3 is 25.0 Å². The average molecular weight is 557 g/mol. The summed E-state index contributed by atoms with van der Waals surface area (Å²) in [5.41, 5.74) is 9.36. The Balaban J connectivity index is 1.18. The molecule has 5 rings (SSSR count). The van der Waals surface area contributed by atoms with Gasteiger partial charge in [-0.25, -0.2) is 14.8 Å². The van der Waals surface area contributed by atoms with Crippen molar-refractivity contribution in [1.82, 2.24) is 25.2 Å². The molecule has 4 N–H and O–H groups in total. The lowest BCUT2D eigenvalue weighted by Crippen LogP contribution is -2.43.